The van der Waals surface area contributed by atoms with Gasteiger partial charge in [0.2, 0.25) is 5.91 Å². The highest BCUT2D eigenvalue weighted by Crippen LogP contribution is 2.14. The summed E-state index contributed by atoms with van der Waals surface area (Å²) in [4.78, 5) is 15.9. The first-order valence-electron chi connectivity index (χ1n) is 6.80. The van der Waals surface area contributed by atoms with E-state index in [-0.39, 0.29) is 5.91 Å². The van der Waals surface area contributed by atoms with Crippen molar-refractivity contribution >= 4 is 11.6 Å². The number of imidazole rings is 1. The highest BCUT2D eigenvalue weighted by Gasteiger charge is 2.05. The Morgan fingerprint density at radius 2 is 2.30 bits per heavy atom. The summed E-state index contributed by atoms with van der Waals surface area (Å²) in [5.74, 6) is -0.0342. The fourth-order valence-corrected chi connectivity index (χ4v) is 1.77. The van der Waals surface area contributed by atoms with Crippen LogP contribution >= 0.6 is 0 Å². The lowest BCUT2D eigenvalue weighted by molar-refractivity contribution is -0.115. The standard InChI is InChI=1S/C15H20N4O/c1-3-12(2)17-10-15(20)18-13-5-4-6-14(9-13)19-8-7-16-11-19/h4-9,11-12,17H,3,10H2,1-2H3,(H,18,20). The third-order valence-corrected chi connectivity index (χ3v) is 3.16. The average molecular weight is 272 g/mol. The largest absolute Gasteiger partial charge is 0.325 e. The van der Waals surface area contributed by atoms with Crippen molar-refractivity contribution in [2.75, 3.05) is 11.9 Å². The molecule has 0 aliphatic rings. The number of benzene rings is 1. The summed E-state index contributed by atoms with van der Waals surface area (Å²) in [5.41, 5.74) is 1.75. The molecule has 1 aromatic carbocycles. The molecule has 2 aromatic rings. The monoisotopic (exact) mass is 272 g/mol. The Kier molecular flexibility index (Phi) is 4.90. The van der Waals surface area contributed by atoms with E-state index < -0.39 is 0 Å². The zero-order valence-corrected chi connectivity index (χ0v) is 11.8. The lowest BCUT2D eigenvalue weighted by Gasteiger charge is -2.12. The molecule has 0 bridgehead atoms. The molecule has 1 unspecified atom stereocenters. The lowest BCUT2D eigenvalue weighted by Crippen LogP contribution is -2.33. The van der Waals surface area contributed by atoms with Gasteiger partial charge >= 0.3 is 0 Å². The summed E-state index contributed by atoms with van der Waals surface area (Å²) in [6.07, 6.45) is 6.32. The van der Waals surface area contributed by atoms with Gasteiger partial charge in [0, 0.05) is 29.8 Å². The minimum absolute atomic E-state index is 0.0342. The molecule has 0 saturated heterocycles. The molecule has 2 N–H and O–H groups in total. The van der Waals surface area contributed by atoms with Crippen molar-refractivity contribution in [3.63, 3.8) is 0 Å². The van der Waals surface area contributed by atoms with E-state index in [0.717, 1.165) is 17.8 Å². The van der Waals surface area contributed by atoms with E-state index in [0.29, 0.717) is 12.6 Å². The normalized spacial score (nSPS) is 12.1. The number of nitrogens with zero attached hydrogens (tertiary/aromatic N) is 2. The number of carbonyl (C=O) groups is 1. The summed E-state index contributed by atoms with van der Waals surface area (Å²) < 4.78 is 1.90. The van der Waals surface area contributed by atoms with Gasteiger partial charge in [-0.2, -0.15) is 0 Å². The molecule has 0 aliphatic carbocycles. The van der Waals surface area contributed by atoms with Gasteiger partial charge in [0.1, 0.15) is 0 Å². The van der Waals surface area contributed by atoms with Crippen LogP contribution in [0.2, 0.25) is 0 Å². The molecule has 0 spiro atoms. The van der Waals surface area contributed by atoms with Crippen LogP contribution in [0, 0.1) is 0 Å². The fourth-order valence-electron chi connectivity index (χ4n) is 1.77. The van der Waals surface area contributed by atoms with Gasteiger partial charge < -0.3 is 15.2 Å². The van der Waals surface area contributed by atoms with Gasteiger partial charge in [0.15, 0.2) is 0 Å². The molecule has 0 fully saturated rings. The van der Waals surface area contributed by atoms with Crippen LogP contribution in [-0.4, -0.2) is 28.0 Å². The lowest BCUT2D eigenvalue weighted by atomic mass is 10.2. The maximum Gasteiger partial charge on any atom is 0.238 e. The predicted octanol–water partition coefficient (Wildman–Crippen LogP) is 2.20. The van der Waals surface area contributed by atoms with Crippen LogP contribution in [-0.2, 0) is 4.79 Å². The molecule has 1 heterocycles. The smallest absolute Gasteiger partial charge is 0.238 e. The number of anilines is 1. The molecular formula is C15H20N4O. The molecule has 5 nitrogen and oxygen atoms in total. The maximum atomic E-state index is 11.8. The van der Waals surface area contributed by atoms with Crippen LogP contribution in [0.15, 0.2) is 43.0 Å². The van der Waals surface area contributed by atoms with Crippen LogP contribution in [0.3, 0.4) is 0 Å². The van der Waals surface area contributed by atoms with Gasteiger partial charge in [-0.15, -0.1) is 0 Å². The number of hydrogen-bond donors (Lipinski definition) is 2. The van der Waals surface area contributed by atoms with Crippen molar-refractivity contribution in [3.8, 4) is 5.69 Å². The van der Waals surface area contributed by atoms with Crippen molar-refractivity contribution < 1.29 is 4.79 Å². The van der Waals surface area contributed by atoms with Crippen LogP contribution in [0.1, 0.15) is 20.3 Å². The summed E-state index contributed by atoms with van der Waals surface area (Å²) in [6, 6.07) is 8.02. The van der Waals surface area contributed by atoms with Crippen molar-refractivity contribution in [3.05, 3.63) is 43.0 Å². The predicted molar refractivity (Wildman–Crippen MR) is 79.9 cm³/mol. The van der Waals surface area contributed by atoms with Crippen LogP contribution < -0.4 is 10.6 Å². The number of hydrogen-bond acceptors (Lipinski definition) is 3. The Hall–Kier alpha value is -2.14. The Bertz CT molecular complexity index is 551. The summed E-state index contributed by atoms with van der Waals surface area (Å²) in [6.45, 7) is 4.47. The molecule has 0 radical (unpaired) electrons. The summed E-state index contributed by atoms with van der Waals surface area (Å²) >= 11 is 0. The number of carbonyl (C=O) groups excluding carboxylic acids is 1. The van der Waals surface area contributed by atoms with Crippen LogP contribution in [0.4, 0.5) is 5.69 Å². The minimum atomic E-state index is -0.0342. The Labute approximate surface area is 119 Å². The minimum Gasteiger partial charge on any atom is -0.325 e. The first-order chi connectivity index (χ1) is 9.69. The maximum absolute atomic E-state index is 11.8. The first kappa shape index (κ1) is 14.3. The molecule has 1 aromatic heterocycles. The second-order valence-electron chi connectivity index (χ2n) is 4.76. The molecule has 20 heavy (non-hydrogen) atoms. The van der Waals surface area contributed by atoms with Crippen LogP contribution in [0.25, 0.3) is 5.69 Å². The van der Waals surface area contributed by atoms with E-state index in [9.17, 15) is 4.79 Å². The van der Waals surface area contributed by atoms with Crippen molar-refractivity contribution in [2.24, 2.45) is 0 Å². The van der Waals surface area contributed by atoms with E-state index in [1.807, 2.05) is 35.0 Å². The van der Waals surface area contributed by atoms with Crippen molar-refractivity contribution in [1.29, 1.82) is 0 Å². The molecule has 106 valence electrons. The second-order valence-corrected chi connectivity index (χ2v) is 4.76. The SMILES string of the molecule is CCC(C)NCC(=O)Nc1cccc(-n2ccnc2)c1. The number of aromatic nitrogens is 2. The highest BCUT2D eigenvalue weighted by atomic mass is 16.1. The fraction of sp³-hybridized carbons (Fsp3) is 0.333. The molecule has 2 rings (SSSR count). The van der Waals surface area contributed by atoms with E-state index in [1.165, 1.54) is 0 Å². The van der Waals surface area contributed by atoms with Crippen molar-refractivity contribution in [1.82, 2.24) is 14.9 Å². The third kappa shape index (κ3) is 3.93. The van der Waals surface area contributed by atoms with E-state index in [1.54, 1.807) is 12.5 Å². The second kappa shape index (κ2) is 6.86. The van der Waals surface area contributed by atoms with Crippen molar-refractivity contribution in [2.45, 2.75) is 26.3 Å². The summed E-state index contributed by atoms with van der Waals surface area (Å²) in [5, 5.41) is 6.06. The van der Waals surface area contributed by atoms with E-state index >= 15 is 0 Å². The molecule has 1 atom stereocenters. The van der Waals surface area contributed by atoms with Gasteiger partial charge in [0.05, 0.1) is 12.9 Å². The van der Waals surface area contributed by atoms with Gasteiger partial charge in [-0.25, -0.2) is 4.98 Å². The van der Waals surface area contributed by atoms with Crippen LogP contribution in [0.5, 0.6) is 0 Å². The Morgan fingerprint density at radius 3 is 3.00 bits per heavy atom. The molecule has 0 saturated carbocycles. The molecule has 5 heteroatoms. The summed E-state index contributed by atoms with van der Waals surface area (Å²) in [7, 11) is 0. The quantitative estimate of drug-likeness (QED) is 0.847. The average Bonchev–Trinajstić information content (AvgIpc) is 2.99. The molecule has 1 amide bonds. The number of rotatable bonds is 6. The van der Waals surface area contributed by atoms with E-state index in [2.05, 4.69) is 29.5 Å². The Morgan fingerprint density at radius 1 is 1.45 bits per heavy atom. The first-order valence-corrected chi connectivity index (χ1v) is 6.80. The molecular weight excluding hydrogens is 252 g/mol. The number of amides is 1. The zero-order valence-electron chi connectivity index (χ0n) is 11.8. The molecule has 0 aliphatic heterocycles. The van der Waals surface area contributed by atoms with Gasteiger partial charge in [-0.05, 0) is 31.5 Å². The van der Waals surface area contributed by atoms with Gasteiger partial charge in [-0.3, -0.25) is 4.79 Å². The topological polar surface area (TPSA) is 59.0 Å². The van der Waals surface area contributed by atoms with Gasteiger partial charge in [0.25, 0.3) is 0 Å². The number of nitrogens with one attached hydrogen (secondary N) is 2. The zero-order chi connectivity index (χ0) is 14.4. The van der Waals surface area contributed by atoms with E-state index in [4.69, 9.17) is 0 Å². The third-order valence-electron chi connectivity index (χ3n) is 3.16. The Balaban J connectivity index is 1.96. The highest BCUT2D eigenvalue weighted by molar-refractivity contribution is 5.92. The van der Waals surface area contributed by atoms with Gasteiger partial charge in [-0.1, -0.05) is 13.0 Å².